The van der Waals surface area contributed by atoms with Gasteiger partial charge >= 0.3 is 0 Å². The second-order valence-electron chi connectivity index (χ2n) is 4.34. The molecule has 0 unspecified atom stereocenters. The minimum atomic E-state index is 0.663. The molecule has 0 fully saturated rings. The molecule has 20 heavy (non-hydrogen) atoms. The van der Waals surface area contributed by atoms with Crippen LogP contribution in [0, 0.1) is 0 Å². The molecular formula is C15H11Br2N3. The standard InChI is InChI=1S/C15H11Br2N3/c16-11-7-10-3-1-5-13(15(10)19-8-11)18-9-12-4-2-6-14(17)20-12/h1-8,18H,9H2. The van der Waals surface area contributed by atoms with Crippen molar-refractivity contribution in [1.29, 1.82) is 0 Å². The van der Waals surface area contributed by atoms with Gasteiger partial charge in [-0.1, -0.05) is 18.2 Å². The van der Waals surface area contributed by atoms with Crippen molar-refractivity contribution < 1.29 is 0 Å². The molecule has 5 heteroatoms. The zero-order chi connectivity index (χ0) is 13.9. The normalized spacial score (nSPS) is 10.7. The summed E-state index contributed by atoms with van der Waals surface area (Å²) >= 11 is 6.82. The third-order valence-electron chi connectivity index (χ3n) is 2.91. The van der Waals surface area contributed by atoms with Crippen molar-refractivity contribution in [3.8, 4) is 0 Å². The van der Waals surface area contributed by atoms with E-state index in [0.29, 0.717) is 6.54 Å². The molecular weight excluding hydrogens is 382 g/mol. The Morgan fingerprint density at radius 1 is 1.05 bits per heavy atom. The largest absolute Gasteiger partial charge is 0.378 e. The predicted molar refractivity (Wildman–Crippen MR) is 88.7 cm³/mol. The van der Waals surface area contributed by atoms with Crippen LogP contribution in [0.1, 0.15) is 5.69 Å². The Morgan fingerprint density at radius 2 is 1.90 bits per heavy atom. The molecule has 0 amide bonds. The van der Waals surface area contributed by atoms with E-state index in [9.17, 15) is 0 Å². The van der Waals surface area contributed by atoms with Crippen molar-refractivity contribution in [3.63, 3.8) is 0 Å². The number of hydrogen-bond donors (Lipinski definition) is 1. The molecule has 2 aromatic heterocycles. The van der Waals surface area contributed by atoms with Gasteiger partial charge in [-0.25, -0.2) is 4.98 Å². The first-order chi connectivity index (χ1) is 9.72. The van der Waals surface area contributed by atoms with Gasteiger partial charge in [-0.15, -0.1) is 0 Å². The summed E-state index contributed by atoms with van der Waals surface area (Å²) in [7, 11) is 0. The highest BCUT2D eigenvalue weighted by Crippen LogP contribution is 2.24. The Balaban J connectivity index is 1.87. The van der Waals surface area contributed by atoms with E-state index in [2.05, 4.69) is 59.3 Å². The van der Waals surface area contributed by atoms with E-state index >= 15 is 0 Å². The van der Waals surface area contributed by atoms with Crippen molar-refractivity contribution in [3.05, 3.63) is 63.4 Å². The number of fused-ring (bicyclic) bond motifs is 1. The average molecular weight is 393 g/mol. The number of rotatable bonds is 3. The van der Waals surface area contributed by atoms with Crippen molar-refractivity contribution in [2.45, 2.75) is 6.54 Å². The number of aromatic nitrogens is 2. The van der Waals surface area contributed by atoms with Crippen LogP contribution in [0.4, 0.5) is 5.69 Å². The maximum atomic E-state index is 4.47. The molecule has 0 saturated carbocycles. The van der Waals surface area contributed by atoms with Crippen LogP contribution in [0.2, 0.25) is 0 Å². The fourth-order valence-corrected chi connectivity index (χ4v) is 2.74. The highest BCUT2D eigenvalue weighted by molar-refractivity contribution is 9.10. The predicted octanol–water partition coefficient (Wildman–Crippen LogP) is 4.77. The van der Waals surface area contributed by atoms with Crippen LogP contribution in [0.3, 0.4) is 0 Å². The molecule has 1 N–H and O–H groups in total. The molecule has 2 heterocycles. The first-order valence-electron chi connectivity index (χ1n) is 6.12. The van der Waals surface area contributed by atoms with E-state index in [4.69, 9.17) is 0 Å². The van der Waals surface area contributed by atoms with Gasteiger partial charge in [-0.2, -0.15) is 0 Å². The number of anilines is 1. The second-order valence-corrected chi connectivity index (χ2v) is 6.06. The molecule has 0 saturated heterocycles. The quantitative estimate of drug-likeness (QED) is 0.652. The van der Waals surface area contributed by atoms with Gasteiger partial charge in [0, 0.05) is 16.1 Å². The Labute approximate surface area is 133 Å². The van der Waals surface area contributed by atoms with Crippen molar-refractivity contribution in [2.75, 3.05) is 5.32 Å². The van der Waals surface area contributed by atoms with Crippen LogP contribution in [0.15, 0.2) is 57.7 Å². The monoisotopic (exact) mass is 391 g/mol. The summed E-state index contributed by atoms with van der Waals surface area (Å²) < 4.78 is 1.83. The van der Waals surface area contributed by atoms with Gasteiger partial charge < -0.3 is 5.32 Å². The smallest absolute Gasteiger partial charge is 0.106 e. The van der Waals surface area contributed by atoms with Crippen LogP contribution < -0.4 is 5.32 Å². The lowest BCUT2D eigenvalue weighted by molar-refractivity contribution is 1.03. The molecule has 0 atom stereocenters. The molecule has 3 rings (SSSR count). The van der Waals surface area contributed by atoms with Gasteiger partial charge in [-0.3, -0.25) is 4.98 Å². The van der Waals surface area contributed by atoms with Gasteiger partial charge in [0.15, 0.2) is 0 Å². The summed E-state index contributed by atoms with van der Waals surface area (Å²) in [5.41, 5.74) is 2.95. The fraction of sp³-hybridized carbons (Fsp3) is 0.0667. The van der Waals surface area contributed by atoms with Gasteiger partial charge in [0.1, 0.15) is 4.60 Å². The third-order valence-corrected chi connectivity index (χ3v) is 3.79. The highest BCUT2D eigenvalue weighted by atomic mass is 79.9. The summed E-state index contributed by atoms with van der Waals surface area (Å²) in [5.74, 6) is 0. The van der Waals surface area contributed by atoms with E-state index in [1.807, 2.05) is 36.5 Å². The van der Waals surface area contributed by atoms with Gasteiger partial charge in [-0.05, 0) is 56.1 Å². The number of halogens is 2. The Morgan fingerprint density at radius 3 is 2.75 bits per heavy atom. The Hall–Kier alpha value is -1.46. The molecule has 100 valence electrons. The molecule has 0 aliphatic carbocycles. The Bertz CT molecular complexity index is 759. The van der Waals surface area contributed by atoms with E-state index in [1.54, 1.807) is 0 Å². The fourth-order valence-electron chi connectivity index (χ4n) is 2.01. The topological polar surface area (TPSA) is 37.8 Å². The lowest BCUT2D eigenvalue weighted by atomic mass is 10.2. The van der Waals surface area contributed by atoms with Crippen LogP contribution in [0.25, 0.3) is 10.9 Å². The van der Waals surface area contributed by atoms with Crippen LogP contribution in [-0.2, 0) is 6.54 Å². The summed E-state index contributed by atoms with van der Waals surface area (Å²) in [6.07, 6.45) is 1.81. The number of hydrogen-bond acceptors (Lipinski definition) is 3. The lowest BCUT2D eigenvalue weighted by Crippen LogP contribution is -2.02. The van der Waals surface area contributed by atoms with E-state index in [1.165, 1.54) is 0 Å². The number of benzene rings is 1. The summed E-state index contributed by atoms with van der Waals surface area (Å²) in [4.78, 5) is 8.88. The Kier molecular flexibility index (Phi) is 3.98. The first-order valence-corrected chi connectivity index (χ1v) is 7.70. The lowest BCUT2D eigenvalue weighted by Gasteiger charge is -2.09. The molecule has 0 radical (unpaired) electrons. The molecule has 0 aliphatic heterocycles. The third kappa shape index (κ3) is 2.99. The summed E-state index contributed by atoms with van der Waals surface area (Å²) in [6.45, 7) is 0.663. The maximum absolute atomic E-state index is 4.47. The second kappa shape index (κ2) is 5.89. The molecule has 0 bridgehead atoms. The van der Waals surface area contributed by atoms with Crippen molar-refractivity contribution in [1.82, 2.24) is 9.97 Å². The van der Waals surface area contributed by atoms with Crippen molar-refractivity contribution >= 4 is 48.5 Å². The SMILES string of the molecule is Brc1cnc2c(NCc3cccc(Br)n3)cccc2c1. The highest BCUT2D eigenvalue weighted by Gasteiger charge is 2.03. The minimum absolute atomic E-state index is 0.663. The number of nitrogens with zero attached hydrogens (tertiary/aromatic N) is 2. The van der Waals surface area contributed by atoms with Gasteiger partial charge in [0.05, 0.1) is 23.4 Å². The molecule has 1 aromatic carbocycles. The van der Waals surface area contributed by atoms with E-state index in [-0.39, 0.29) is 0 Å². The maximum Gasteiger partial charge on any atom is 0.106 e. The number of nitrogens with one attached hydrogen (secondary N) is 1. The first kappa shape index (κ1) is 13.5. The number of pyridine rings is 2. The van der Waals surface area contributed by atoms with Crippen molar-refractivity contribution in [2.24, 2.45) is 0 Å². The van der Waals surface area contributed by atoms with Gasteiger partial charge in [0.25, 0.3) is 0 Å². The molecule has 0 spiro atoms. The number of para-hydroxylation sites is 1. The van der Waals surface area contributed by atoms with E-state index < -0.39 is 0 Å². The minimum Gasteiger partial charge on any atom is -0.378 e. The van der Waals surface area contributed by atoms with Gasteiger partial charge in [0.2, 0.25) is 0 Å². The summed E-state index contributed by atoms with van der Waals surface area (Å²) in [6, 6.07) is 14.1. The summed E-state index contributed by atoms with van der Waals surface area (Å²) in [5, 5.41) is 4.49. The van der Waals surface area contributed by atoms with Crippen LogP contribution in [0.5, 0.6) is 0 Å². The molecule has 3 aromatic rings. The zero-order valence-corrected chi connectivity index (χ0v) is 13.6. The molecule has 3 nitrogen and oxygen atoms in total. The van der Waals surface area contributed by atoms with Crippen LogP contribution in [-0.4, -0.2) is 9.97 Å². The molecule has 0 aliphatic rings. The van der Waals surface area contributed by atoms with E-state index in [0.717, 1.165) is 31.4 Å². The van der Waals surface area contributed by atoms with Crippen LogP contribution >= 0.6 is 31.9 Å². The zero-order valence-electron chi connectivity index (χ0n) is 10.5. The average Bonchev–Trinajstić information content (AvgIpc) is 2.44.